The van der Waals surface area contributed by atoms with Crippen molar-refractivity contribution >= 4 is 0 Å². The Morgan fingerprint density at radius 2 is 1.86 bits per heavy atom. The largest absolute Gasteiger partial charge is 0.483 e. The van der Waals surface area contributed by atoms with Crippen LogP contribution in [0.5, 0.6) is 5.75 Å². The second-order valence-electron chi connectivity index (χ2n) is 11.9. The molecule has 0 amide bonds. The molecule has 1 saturated heterocycles. The molecule has 0 saturated carbocycles. The summed E-state index contributed by atoms with van der Waals surface area (Å²) in [4.78, 5) is 0. The highest BCUT2D eigenvalue weighted by Gasteiger charge is 2.63. The van der Waals surface area contributed by atoms with Gasteiger partial charge >= 0.3 is 0 Å². The van der Waals surface area contributed by atoms with Crippen molar-refractivity contribution in [2.45, 2.75) is 114 Å². The maximum absolute atomic E-state index is 12.0. The number of unbranched alkanes of at least 4 members (excludes halogenated alkanes) is 2. The summed E-state index contributed by atoms with van der Waals surface area (Å²) in [7, 11) is 0. The molecule has 0 unspecified atom stereocenters. The number of aliphatic hydroxyl groups is 5. The van der Waals surface area contributed by atoms with Gasteiger partial charge in [-0.05, 0) is 67.7 Å². The summed E-state index contributed by atoms with van der Waals surface area (Å²) >= 11 is 0. The van der Waals surface area contributed by atoms with E-state index in [0.717, 1.165) is 24.8 Å². The van der Waals surface area contributed by atoms with Crippen molar-refractivity contribution < 1.29 is 44.5 Å². The minimum atomic E-state index is -1.60. The number of rotatable bonds is 13. The van der Waals surface area contributed by atoms with Gasteiger partial charge in [0.1, 0.15) is 36.3 Å². The van der Waals surface area contributed by atoms with Crippen LogP contribution in [0.3, 0.4) is 0 Å². The molecular formula is C34H48O9. The number of ether oxygens (including phenoxy) is 4. The van der Waals surface area contributed by atoms with Crippen LogP contribution < -0.4 is 4.74 Å². The van der Waals surface area contributed by atoms with Gasteiger partial charge in [-0.25, -0.2) is 0 Å². The van der Waals surface area contributed by atoms with Crippen molar-refractivity contribution in [1.82, 2.24) is 0 Å². The van der Waals surface area contributed by atoms with E-state index in [9.17, 15) is 25.5 Å². The molecule has 1 spiro atoms. The second kappa shape index (κ2) is 15.9. The highest BCUT2D eigenvalue weighted by Crippen LogP contribution is 2.47. The van der Waals surface area contributed by atoms with E-state index in [1.807, 2.05) is 36.4 Å². The normalized spacial score (nSPS) is 33.8. The third-order valence-electron chi connectivity index (χ3n) is 8.80. The number of aliphatic hydroxyl groups excluding tert-OH is 5. The zero-order valence-electron chi connectivity index (χ0n) is 25.1. The molecule has 1 aromatic carbocycles. The van der Waals surface area contributed by atoms with Crippen molar-refractivity contribution in [1.29, 1.82) is 0 Å². The van der Waals surface area contributed by atoms with Gasteiger partial charge in [0.2, 0.25) is 6.29 Å². The van der Waals surface area contributed by atoms with Crippen LogP contribution in [0.2, 0.25) is 0 Å². The fourth-order valence-electron chi connectivity index (χ4n) is 6.45. The number of allylic oxidation sites excluding steroid dienone is 3. The molecule has 1 fully saturated rings. The maximum Gasteiger partial charge on any atom is 0.243 e. The molecule has 0 aliphatic carbocycles. The highest BCUT2D eigenvalue weighted by molar-refractivity contribution is 5.29. The van der Waals surface area contributed by atoms with Gasteiger partial charge in [-0.1, -0.05) is 43.9 Å². The van der Waals surface area contributed by atoms with Crippen LogP contribution in [0.1, 0.15) is 70.3 Å². The summed E-state index contributed by atoms with van der Waals surface area (Å²) in [6, 6.07) is 7.47. The van der Waals surface area contributed by atoms with Crippen molar-refractivity contribution in [3.8, 4) is 17.8 Å². The molecule has 43 heavy (non-hydrogen) atoms. The van der Waals surface area contributed by atoms with E-state index in [1.54, 1.807) is 0 Å². The summed E-state index contributed by atoms with van der Waals surface area (Å²) in [5.74, 6) is 3.21. The van der Waals surface area contributed by atoms with Gasteiger partial charge in [0.15, 0.2) is 5.60 Å². The predicted molar refractivity (Wildman–Crippen MR) is 161 cm³/mol. The van der Waals surface area contributed by atoms with Gasteiger partial charge in [0.05, 0.1) is 11.9 Å². The molecule has 9 atom stereocenters. The summed E-state index contributed by atoms with van der Waals surface area (Å²) in [5, 5.41) is 54.6. The summed E-state index contributed by atoms with van der Waals surface area (Å²) in [5.41, 5.74) is -0.548. The third kappa shape index (κ3) is 7.93. The van der Waals surface area contributed by atoms with E-state index in [4.69, 9.17) is 18.9 Å². The van der Waals surface area contributed by atoms with Gasteiger partial charge in [0, 0.05) is 32.5 Å². The lowest BCUT2D eigenvalue weighted by molar-refractivity contribution is -0.336. The second-order valence-corrected chi connectivity index (χ2v) is 11.9. The Morgan fingerprint density at radius 1 is 1.07 bits per heavy atom. The quantitative estimate of drug-likeness (QED) is 0.131. The molecule has 5 rings (SSSR count). The first-order valence-corrected chi connectivity index (χ1v) is 15.7. The van der Waals surface area contributed by atoms with E-state index >= 15 is 0 Å². The van der Waals surface area contributed by atoms with Crippen molar-refractivity contribution in [2.24, 2.45) is 11.8 Å². The van der Waals surface area contributed by atoms with E-state index in [-0.39, 0.29) is 32.0 Å². The van der Waals surface area contributed by atoms with Crippen molar-refractivity contribution in [2.75, 3.05) is 13.2 Å². The number of benzene rings is 1. The molecule has 4 aliphatic rings. The molecule has 4 aliphatic heterocycles. The molecule has 9 nitrogen and oxygen atoms in total. The number of hydrogen-bond acceptors (Lipinski definition) is 9. The van der Waals surface area contributed by atoms with E-state index < -0.39 is 48.3 Å². The van der Waals surface area contributed by atoms with E-state index in [0.29, 0.717) is 43.6 Å². The van der Waals surface area contributed by atoms with Crippen LogP contribution in [-0.4, -0.2) is 81.2 Å². The summed E-state index contributed by atoms with van der Waals surface area (Å²) in [6.07, 6.45) is 4.87. The summed E-state index contributed by atoms with van der Waals surface area (Å²) in [6.45, 7) is 5.72. The van der Waals surface area contributed by atoms with Crippen LogP contribution in [0, 0.1) is 23.9 Å². The molecule has 4 heterocycles. The topological polar surface area (TPSA) is 138 Å². The zero-order chi connectivity index (χ0) is 30.8. The van der Waals surface area contributed by atoms with Gasteiger partial charge in [-0.2, -0.15) is 0 Å². The highest BCUT2D eigenvalue weighted by atomic mass is 16.7. The molecule has 1 aromatic rings. The Kier molecular flexibility index (Phi) is 12.3. The van der Waals surface area contributed by atoms with Gasteiger partial charge < -0.3 is 44.5 Å². The Morgan fingerprint density at radius 3 is 2.56 bits per heavy atom. The zero-order valence-corrected chi connectivity index (χ0v) is 25.1. The Labute approximate surface area is 255 Å². The Bertz CT molecular complexity index is 1110. The average molecular weight is 601 g/mol. The van der Waals surface area contributed by atoms with Crippen LogP contribution in [0.15, 0.2) is 48.8 Å². The van der Waals surface area contributed by atoms with Gasteiger partial charge in [-0.3, -0.25) is 0 Å². The molecule has 0 radical (unpaired) electrons. The standard InChI is InChI=1S/C34H48O9/c1-3-5-6-10-26-21-24(17-19-36)27-22-34(43-26)32(39)30(38)31(29(12-7-18-35)40-20-8-11-28(27)37)42-33(34)41-25-15-13-23(9-4-2)14-16-25/h4,13-16,21,24,27-33,35-39H,2-3,5-7,9-12,17-19,22H2,1H3/t24-,27+,28+,29-,30-,31-,32+,33+,34-/m1/s1. The van der Waals surface area contributed by atoms with Crippen molar-refractivity contribution in [3.63, 3.8) is 0 Å². The molecule has 0 aromatic heterocycles. The van der Waals surface area contributed by atoms with Gasteiger partial charge in [-0.15, -0.1) is 6.58 Å². The van der Waals surface area contributed by atoms with Crippen LogP contribution in [0.25, 0.3) is 0 Å². The SMILES string of the molecule is C=CCc1ccc(O[C@H]2O[C@H]3[C@@H](O)[C@H](O)[C@]24C[C@H]([C@@H](O)CC#CO[C@@H]3CCCO)[C@H](CCO)C=C(CCCCC)O4)cc1. The molecular weight excluding hydrogens is 552 g/mol. The molecule has 5 N–H and O–H groups in total. The fourth-order valence-corrected chi connectivity index (χ4v) is 6.45. The Hall–Kier alpha value is -2.58. The van der Waals surface area contributed by atoms with E-state index in [2.05, 4.69) is 25.5 Å². The first kappa shape index (κ1) is 33.3. The van der Waals surface area contributed by atoms with Crippen LogP contribution in [0.4, 0.5) is 0 Å². The van der Waals surface area contributed by atoms with Crippen LogP contribution in [-0.2, 0) is 20.6 Å². The monoisotopic (exact) mass is 600 g/mol. The minimum Gasteiger partial charge on any atom is -0.483 e. The van der Waals surface area contributed by atoms with Gasteiger partial charge in [0.25, 0.3) is 0 Å². The Balaban J connectivity index is 1.83. The fraction of sp³-hybridized carbons (Fsp3) is 0.647. The minimum absolute atomic E-state index is 0.0839. The molecule has 3 bridgehead atoms. The number of hydrogen-bond donors (Lipinski definition) is 5. The lowest BCUT2D eigenvalue weighted by Crippen LogP contribution is -2.70. The molecule has 238 valence electrons. The predicted octanol–water partition coefficient (Wildman–Crippen LogP) is 3.36. The molecule has 9 heteroatoms. The average Bonchev–Trinajstić information content (AvgIpc) is 3.16. The summed E-state index contributed by atoms with van der Waals surface area (Å²) < 4.78 is 25.6. The smallest absolute Gasteiger partial charge is 0.243 e. The lowest BCUT2D eigenvalue weighted by atomic mass is 9.72. The third-order valence-corrected chi connectivity index (χ3v) is 8.80. The maximum atomic E-state index is 12.0. The van der Waals surface area contributed by atoms with E-state index in [1.165, 1.54) is 0 Å². The lowest BCUT2D eigenvalue weighted by Gasteiger charge is -2.52. The first-order chi connectivity index (χ1) is 20.9. The van der Waals surface area contributed by atoms with Crippen molar-refractivity contribution in [3.05, 3.63) is 54.3 Å². The first-order valence-electron chi connectivity index (χ1n) is 15.7. The van der Waals surface area contributed by atoms with Crippen LogP contribution >= 0.6 is 0 Å². The number of fused-ring (bicyclic) bond motifs is 6.